The van der Waals surface area contributed by atoms with E-state index in [0.29, 0.717) is 5.89 Å². The van der Waals surface area contributed by atoms with Crippen LogP contribution in [0.3, 0.4) is 0 Å². The molecule has 0 saturated carbocycles. The highest BCUT2D eigenvalue weighted by Crippen LogP contribution is 2.24. The standard InChI is InChI=1S/C13H22F3N3O/c1-4-8-17-9(3)10(5-2)12-18-11(19-20-12)6-7-13(14,15)16/h9-10,17H,4-8H2,1-3H3. The molecule has 1 heterocycles. The maximum absolute atomic E-state index is 12.1. The molecule has 2 unspecified atom stereocenters. The first kappa shape index (κ1) is 16.9. The van der Waals surface area contributed by atoms with Crippen molar-refractivity contribution in [2.45, 2.75) is 64.6 Å². The molecule has 0 aliphatic heterocycles. The highest BCUT2D eigenvalue weighted by atomic mass is 19.4. The van der Waals surface area contributed by atoms with Gasteiger partial charge in [-0.15, -0.1) is 0 Å². The number of aryl methyl sites for hydroxylation is 1. The second-order valence-electron chi connectivity index (χ2n) is 4.92. The third kappa shape index (κ3) is 5.48. The first-order valence-electron chi connectivity index (χ1n) is 7.00. The van der Waals surface area contributed by atoms with Crippen molar-refractivity contribution >= 4 is 0 Å². The molecule has 0 saturated heterocycles. The molecule has 116 valence electrons. The van der Waals surface area contributed by atoms with Gasteiger partial charge < -0.3 is 9.84 Å². The number of hydrogen-bond donors (Lipinski definition) is 1. The van der Waals surface area contributed by atoms with Crippen molar-refractivity contribution in [2.75, 3.05) is 6.54 Å². The SMILES string of the molecule is CCCNC(C)C(CC)c1nc(CCC(F)(F)F)no1. The number of rotatable bonds is 8. The van der Waals surface area contributed by atoms with Gasteiger partial charge in [0.2, 0.25) is 5.89 Å². The molecular formula is C13H22F3N3O. The Hall–Kier alpha value is -1.11. The van der Waals surface area contributed by atoms with Crippen molar-refractivity contribution < 1.29 is 17.7 Å². The monoisotopic (exact) mass is 293 g/mol. The van der Waals surface area contributed by atoms with Crippen LogP contribution in [0.1, 0.15) is 57.7 Å². The van der Waals surface area contributed by atoms with E-state index in [1.54, 1.807) is 0 Å². The van der Waals surface area contributed by atoms with E-state index in [9.17, 15) is 13.2 Å². The molecule has 1 rings (SSSR count). The minimum atomic E-state index is -4.19. The van der Waals surface area contributed by atoms with Crippen LogP contribution in [-0.2, 0) is 6.42 Å². The van der Waals surface area contributed by atoms with E-state index >= 15 is 0 Å². The summed E-state index contributed by atoms with van der Waals surface area (Å²) in [7, 11) is 0. The maximum Gasteiger partial charge on any atom is 0.389 e. The Bertz CT molecular complexity index is 392. The molecular weight excluding hydrogens is 271 g/mol. The summed E-state index contributed by atoms with van der Waals surface area (Å²) in [4.78, 5) is 4.10. The molecule has 0 aromatic carbocycles. The van der Waals surface area contributed by atoms with Crippen molar-refractivity contribution in [1.82, 2.24) is 15.5 Å². The lowest BCUT2D eigenvalue weighted by atomic mass is 9.98. The lowest BCUT2D eigenvalue weighted by Gasteiger charge is -2.20. The van der Waals surface area contributed by atoms with Gasteiger partial charge in [0.25, 0.3) is 0 Å². The number of alkyl halides is 3. The van der Waals surface area contributed by atoms with Crippen molar-refractivity contribution in [3.05, 3.63) is 11.7 Å². The Labute approximate surface area is 117 Å². The van der Waals surface area contributed by atoms with Crippen LogP contribution in [0.5, 0.6) is 0 Å². The number of nitrogens with zero attached hydrogens (tertiary/aromatic N) is 2. The second kappa shape index (κ2) is 7.61. The highest BCUT2D eigenvalue weighted by molar-refractivity contribution is 4.98. The summed E-state index contributed by atoms with van der Waals surface area (Å²) in [5.74, 6) is 0.563. The summed E-state index contributed by atoms with van der Waals surface area (Å²) in [6.07, 6.45) is -3.55. The second-order valence-corrected chi connectivity index (χ2v) is 4.92. The van der Waals surface area contributed by atoms with Gasteiger partial charge in [-0.25, -0.2) is 0 Å². The quantitative estimate of drug-likeness (QED) is 0.797. The molecule has 1 aromatic heterocycles. The largest absolute Gasteiger partial charge is 0.389 e. The van der Waals surface area contributed by atoms with E-state index in [4.69, 9.17) is 4.52 Å². The van der Waals surface area contributed by atoms with E-state index in [2.05, 4.69) is 22.4 Å². The van der Waals surface area contributed by atoms with Crippen molar-refractivity contribution in [1.29, 1.82) is 0 Å². The summed E-state index contributed by atoms with van der Waals surface area (Å²) in [6.45, 7) is 6.97. The first-order chi connectivity index (χ1) is 9.37. The fourth-order valence-electron chi connectivity index (χ4n) is 2.03. The summed E-state index contributed by atoms with van der Waals surface area (Å²) >= 11 is 0. The molecule has 0 spiro atoms. The van der Waals surface area contributed by atoms with Crippen LogP contribution in [0, 0.1) is 0 Å². The van der Waals surface area contributed by atoms with Gasteiger partial charge in [0.15, 0.2) is 5.82 Å². The molecule has 0 aliphatic rings. The molecule has 20 heavy (non-hydrogen) atoms. The van der Waals surface area contributed by atoms with Crippen molar-refractivity contribution in [2.24, 2.45) is 0 Å². The van der Waals surface area contributed by atoms with E-state index < -0.39 is 12.6 Å². The Morgan fingerprint density at radius 2 is 2.00 bits per heavy atom. The minimum Gasteiger partial charge on any atom is -0.339 e. The molecule has 0 aliphatic carbocycles. The fourth-order valence-corrected chi connectivity index (χ4v) is 2.03. The topological polar surface area (TPSA) is 51.0 Å². The van der Waals surface area contributed by atoms with Gasteiger partial charge in [0.05, 0.1) is 12.3 Å². The molecule has 4 nitrogen and oxygen atoms in total. The smallest absolute Gasteiger partial charge is 0.339 e. The Morgan fingerprint density at radius 3 is 2.55 bits per heavy atom. The first-order valence-corrected chi connectivity index (χ1v) is 7.00. The third-order valence-corrected chi connectivity index (χ3v) is 3.19. The molecule has 0 radical (unpaired) electrons. The lowest BCUT2D eigenvalue weighted by molar-refractivity contribution is -0.134. The van der Waals surface area contributed by atoms with Crippen LogP contribution >= 0.6 is 0 Å². The zero-order valence-corrected chi connectivity index (χ0v) is 12.1. The third-order valence-electron chi connectivity index (χ3n) is 3.19. The fraction of sp³-hybridized carbons (Fsp3) is 0.846. The van der Waals surface area contributed by atoms with Crippen LogP contribution in [0.25, 0.3) is 0 Å². The van der Waals surface area contributed by atoms with Gasteiger partial charge >= 0.3 is 6.18 Å². The molecule has 1 N–H and O–H groups in total. The van der Waals surface area contributed by atoms with Gasteiger partial charge in [0, 0.05) is 12.5 Å². The van der Waals surface area contributed by atoms with Gasteiger partial charge in [-0.05, 0) is 26.3 Å². The predicted molar refractivity (Wildman–Crippen MR) is 69.5 cm³/mol. The Kier molecular flexibility index (Phi) is 6.45. The Morgan fingerprint density at radius 1 is 1.30 bits per heavy atom. The van der Waals surface area contributed by atoms with E-state index in [0.717, 1.165) is 19.4 Å². The van der Waals surface area contributed by atoms with Crippen LogP contribution in [0.15, 0.2) is 4.52 Å². The normalized spacial score (nSPS) is 15.3. The molecule has 0 amide bonds. The molecule has 1 aromatic rings. The van der Waals surface area contributed by atoms with Crippen LogP contribution in [0.2, 0.25) is 0 Å². The van der Waals surface area contributed by atoms with Crippen LogP contribution in [0.4, 0.5) is 13.2 Å². The number of nitrogens with one attached hydrogen (secondary N) is 1. The number of hydrogen-bond acceptors (Lipinski definition) is 4. The average molecular weight is 293 g/mol. The maximum atomic E-state index is 12.1. The number of halogens is 3. The summed E-state index contributed by atoms with van der Waals surface area (Å²) < 4.78 is 41.5. The zero-order valence-electron chi connectivity index (χ0n) is 12.1. The van der Waals surface area contributed by atoms with Gasteiger partial charge in [-0.2, -0.15) is 18.2 Å². The summed E-state index contributed by atoms with van der Waals surface area (Å²) in [5.41, 5.74) is 0. The number of aromatic nitrogens is 2. The molecule has 0 fully saturated rings. The zero-order chi connectivity index (χ0) is 15.2. The highest BCUT2D eigenvalue weighted by Gasteiger charge is 2.28. The van der Waals surface area contributed by atoms with Crippen molar-refractivity contribution in [3.63, 3.8) is 0 Å². The predicted octanol–water partition coefficient (Wildman–Crippen LogP) is 3.45. The average Bonchev–Trinajstić information content (AvgIpc) is 2.82. The van der Waals surface area contributed by atoms with E-state index in [1.165, 1.54) is 0 Å². The van der Waals surface area contributed by atoms with Crippen molar-refractivity contribution in [3.8, 4) is 0 Å². The van der Waals surface area contributed by atoms with Gasteiger partial charge in [-0.3, -0.25) is 0 Å². The van der Waals surface area contributed by atoms with Gasteiger partial charge in [0.1, 0.15) is 0 Å². The minimum absolute atomic E-state index is 0.0219. The summed E-state index contributed by atoms with van der Waals surface area (Å²) in [6, 6.07) is 0.149. The molecule has 2 atom stereocenters. The van der Waals surface area contributed by atoms with E-state index in [-0.39, 0.29) is 24.2 Å². The van der Waals surface area contributed by atoms with Gasteiger partial charge in [-0.1, -0.05) is 19.0 Å². The summed E-state index contributed by atoms with van der Waals surface area (Å²) in [5, 5.41) is 6.98. The lowest BCUT2D eigenvalue weighted by Crippen LogP contribution is -2.32. The van der Waals surface area contributed by atoms with Crippen LogP contribution in [-0.4, -0.2) is 28.9 Å². The Balaban J connectivity index is 2.63. The molecule has 0 bridgehead atoms. The van der Waals surface area contributed by atoms with E-state index in [1.807, 2.05) is 13.8 Å². The van der Waals surface area contributed by atoms with Crippen LogP contribution < -0.4 is 5.32 Å². The molecule has 7 heteroatoms.